The van der Waals surface area contributed by atoms with E-state index in [4.69, 9.17) is 0 Å². The molecule has 0 saturated carbocycles. The maximum absolute atomic E-state index is 11.7. The molecule has 0 unspecified atom stereocenters. The fraction of sp³-hybridized carbons (Fsp3) is 0.389. The second-order valence-electron chi connectivity index (χ2n) is 5.78. The summed E-state index contributed by atoms with van der Waals surface area (Å²) < 4.78 is 0. The smallest absolute Gasteiger partial charge is 0.152 e. The Hall–Kier alpha value is -2.23. The van der Waals surface area contributed by atoms with Crippen LogP contribution in [0.4, 0.5) is 5.82 Å². The molecule has 0 N–H and O–H groups in total. The number of hydrogen-bond donors (Lipinski definition) is 0. The Balaban J connectivity index is 1.82. The number of Topliss-reactive ketones (excluding diaryl/α,β-unsaturated/α-hetero) is 1. The first-order valence-electron chi connectivity index (χ1n) is 7.89. The Kier molecular flexibility index (Phi) is 4.47. The molecule has 114 valence electrons. The van der Waals surface area contributed by atoms with Crippen LogP contribution in [0.5, 0.6) is 0 Å². The molecule has 3 rings (SSSR count). The van der Waals surface area contributed by atoms with Crippen molar-refractivity contribution in [2.45, 2.75) is 32.6 Å². The molecule has 0 aliphatic carbocycles. The summed E-state index contributed by atoms with van der Waals surface area (Å²) in [5.74, 6) is 1.20. The molecule has 22 heavy (non-hydrogen) atoms. The predicted molar refractivity (Wildman–Crippen MR) is 87.1 cm³/mol. The molecule has 4 nitrogen and oxygen atoms in total. The minimum atomic E-state index is 0.295. The lowest BCUT2D eigenvalue weighted by atomic mass is 10.0. The third-order valence-corrected chi connectivity index (χ3v) is 4.14. The molecule has 1 aromatic carbocycles. The average Bonchev–Trinajstić information content (AvgIpc) is 2.56. The molecule has 4 heteroatoms. The molecule has 0 atom stereocenters. The molecule has 2 aromatic rings. The first kappa shape index (κ1) is 14.7. The minimum Gasteiger partial charge on any atom is -0.349 e. The maximum atomic E-state index is 11.7. The lowest BCUT2D eigenvalue weighted by Gasteiger charge is -2.28. The van der Waals surface area contributed by atoms with E-state index in [0.717, 1.165) is 37.2 Å². The zero-order chi connectivity index (χ0) is 15.4. The van der Waals surface area contributed by atoms with E-state index < -0.39 is 0 Å². The third-order valence-electron chi connectivity index (χ3n) is 4.14. The highest BCUT2D eigenvalue weighted by Gasteiger charge is 2.20. The van der Waals surface area contributed by atoms with Gasteiger partial charge in [-0.15, -0.1) is 0 Å². The highest BCUT2D eigenvalue weighted by atomic mass is 16.1. The van der Waals surface area contributed by atoms with Gasteiger partial charge in [0.1, 0.15) is 12.1 Å². The standard InChI is InChI=1S/C18H21N3O/c1-2-14-5-7-15(8-6-14)10-16-11-19-13-20-18(16)21-9-3-4-17(22)12-21/h5-8,11,13H,2-4,9-10,12H2,1H3. The second kappa shape index (κ2) is 6.69. The quantitative estimate of drug-likeness (QED) is 0.870. The number of carbonyl (C=O) groups excluding carboxylic acids is 1. The van der Waals surface area contributed by atoms with Gasteiger partial charge in [0.2, 0.25) is 0 Å². The monoisotopic (exact) mass is 295 g/mol. The van der Waals surface area contributed by atoms with Crippen LogP contribution in [0.25, 0.3) is 0 Å². The van der Waals surface area contributed by atoms with Gasteiger partial charge in [-0.3, -0.25) is 4.79 Å². The van der Waals surface area contributed by atoms with Crippen LogP contribution in [-0.4, -0.2) is 28.8 Å². The maximum Gasteiger partial charge on any atom is 0.152 e. The number of benzene rings is 1. The largest absolute Gasteiger partial charge is 0.349 e. The molecule has 0 spiro atoms. The molecule has 2 heterocycles. The molecule has 0 radical (unpaired) electrons. The van der Waals surface area contributed by atoms with Gasteiger partial charge < -0.3 is 4.90 Å². The molecule has 1 aliphatic rings. The van der Waals surface area contributed by atoms with Crippen LogP contribution in [0.3, 0.4) is 0 Å². The van der Waals surface area contributed by atoms with Gasteiger partial charge in [-0.1, -0.05) is 31.2 Å². The molecule has 0 bridgehead atoms. The van der Waals surface area contributed by atoms with Crippen molar-refractivity contribution in [2.24, 2.45) is 0 Å². The third kappa shape index (κ3) is 3.32. The highest BCUT2D eigenvalue weighted by molar-refractivity contribution is 5.84. The summed E-state index contributed by atoms with van der Waals surface area (Å²) >= 11 is 0. The van der Waals surface area contributed by atoms with Crippen LogP contribution in [-0.2, 0) is 17.6 Å². The summed E-state index contributed by atoms with van der Waals surface area (Å²) in [7, 11) is 0. The lowest BCUT2D eigenvalue weighted by Crippen LogP contribution is -2.36. The van der Waals surface area contributed by atoms with Gasteiger partial charge in [0, 0.05) is 31.1 Å². The number of hydrogen-bond acceptors (Lipinski definition) is 4. The molecule has 1 saturated heterocycles. The zero-order valence-electron chi connectivity index (χ0n) is 13.0. The Morgan fingerprint density at radius 2 is 1.95 bits per heavy atom. The number of aryl methyl sites for hydroxylation is 1. The number of piperidine rings is 1. The van der Waals surface area contributed by atoms with Crippen molar-refractivity contribution in [3.05, 3.63) is 53.5 Å². The molecular weight excluding hydrogens is 274 g/mol. The van der Waals surface area contributed by atoms with Crippen LogP contribution in [0, 0.1) is 0 Å². The fourth-order valence-corrected chi connectivity index (χ4v) is 2.89. The van der Waals surface area contributed by atoms with Gasteiger partial charge >= 0.3 is 0 Å². The van der Waals surface area contributed by atoms with E-state index >= 15 is 0 Å². The SMILES string of the molecule is CCc1ccc(Cc2cncnc2N2CCCC(=O)C2)cc1. The van der Waals surface area contributed by atoms with E-state index in [9.17, 15) is 4.79 Å². The van der Waals surface area contributed by atoms with Gasteiger partial charge in [-0.05, 0) is 24.0 Å². The Morgan fingerprint density at radius 1 is 1.18 bits per heavy atom. The number of nitrogens with zero attached hydrogens (tertiary/aromatic N) is 3. The number of ketones is 1. The molecule has 1 aromatic heterocycles. The summed E-state index contributed by atoms with van der Waals surface area (Å²) in [5, 5.41) is 0. The molecule has 0 amide bonds. The van der Waals surface area contributed by atoms with Gasteiger partial charge in [0.15, 0.2) is 5.78 Å². The van der Waals surface area contributed by atoms with E-state index in [0.29, 0.717) is 18.7 Å². The van der Waals surface area contributed by atoms with Gasteiger partial charge in [-0.2, -0.15) is 0 Å². The van der Waals surface area contributed by atoms with E-state index in [1.807, 2.05) is 6.20 Å². The fourth-order valence-electron chi connectivity index (χ4n) is 2.89. The minimum absolute atomic E-state index is 0.295. The average molecular weight is 295 g/mol. The summed E-state index contributed by atoms with van der Waals surface area (Å²) in [6, 6.07) is 8.67. The molecule has 1 fully saturated rings. The Bertz CT molecular complexity index is 652. The summed E-state index contributed by atoms with van der Waals surface area (Å²) in [6.45, 7) is 3.52. The Morgan fingerprint density at radius 3 is 2.68 bits per heavy atom. The zero-order valence-corrected chi connectivity index (χ0v) is 13.0. The van der Waals surface area contributed by atoms with E-state index in [2.05, 4.69) is 46.1 Å². The normalized spacial score (nSPS) is 15.1. The summed E-state index contributed by atoms with van der Waals surface area (Å²) in [4.78, 5) is 22.4. The highest BCUT2D eigenvalue weighted by Crippen LogP contribution is 2.22. The van der Waals surface area contributed by atoms with E-state index in [1.54, 1.807) is 6.33 Å². The van der Waals surface area contributed by atoms with Crippen molar-refractivity contribution in [2.75, 3.05) is 18.0 Å². The lowest BCUT2D eigenvalue weighted by molar-refractivity contribution is -0.118. The first-order chi connectivity index (χ1) is 10.8. The van der Waals surface area contributed by atoms with E-state index in [-0.39, 0.29) is 0 Å². The van der Waals surface area contributed by atoms with Crippen molar-refractivity contribution >= 4 is 11.6 Å². The summed E-state index contributed by atoms with van der Waals surface area (Å²) in [6.07, 6.45) is 6.89. The number of carbonyl (C=O) groups is 1. The number of anilines is 1. The number of rotatable bonds is 4. The van der Waals surface area contributed by atoms with Crippen molar-refractivity contribution in [1.82, 2.24) is 9.97 Å². The van der Waals surface area contributed by atoms with E-state index in [1.165, 1.54) is 11.1 Å². The van der Waals surface area contributed by atoms with Gasteiger partial charge in [-0.25, -0.2) is 9.97 Å². The van der Waals surface area contributed by atoms with Crippen molar-refractivity contribution in [3.63, 3.8) is 0 Å². The van der Waals surface area contributed by atoms with Crippen molar-refractivity contribution in [3.8, 4) is 0 Å². The van der Waals surface area contributed by atoms with Crippen molar-refractivity contribution in [1.29, 1.82) is 0 Å². The first-order valence-corrected chi connectivity index (χ1v) is 7.89. The molecule has 1 aliphatic heterocycles. The van der Waals surface area contributed by atoms with Crippen LogP contribution in [0.1, 0.15) is 36.5 Å². The van der Waals surface area contributed by atoms with Gasteiger partial charge in [0.05, 0.1) is 6.54 Å². The Labute approximate surface area is 131 Å². The van der Waals surface area contributed by atoms with Crippen LogP contribution in [0.2, 0.25) is 0 Å². The molecular formula is C18H21N3O. The van der Waals surface area contributed by atoms with Gasteiger partial charge in [0.25, 0.3) is 0 Å². The van der Waals surface area contributed by atoms with Crippen LogP contribution in [0.15, 0.2) is 36.8 Å². The predicted octanol–water partition coefficient (Wildman–Crippen LogP) is 2.80. The summed E-state index contributed by atoms with van der Waals surface area (Å²) in [5.41, 5.74) is 3.67. The second-order valence-corrected chi connectivity index (χ2v) is 5.78. The number of aromatic nitrogens is 2. The van der Waals surface area contributed by atoms with Crippen LogP contribution < -0.4 is 4.90 Å². The topological polar surface area (TPSA) is 46.1 Å². The van der Waals surface area contributed by atoms with Crippen LogP contribution >= 0.6 is 0 Å². The van der Waals surface area contributed by atoms with Crippen molar-refractivity contribution < 1.29 is 4.79 Å².